The Balaban J connectivity index is 2.01. The zero-order chi connectivity index (χ0) is 14.1. The lowest BCUT2D eigenvalue weighted by Gasteiger charge is -2.07. The minimum absolute atomic E-state index is 0.0926. The molecule has 2 heterocycles. The van der Waals surface area contributed by atoms with Gasteiger partial charge in [0.25, 0.3) is 5.91 Å². The van der Waals surface area contributed by atoms with Crippen molar-refractivity contribution < 1.29 is 9.90 Å². The molecule has 3 aromatic rings. The first-order chi connectivity index (χ1) is 9.65. The van der Waals surface area contributed by atoms with Gasteiger partial charge in [-0.05, 0) is 18.2 Å². The van der Waals surface area contributed by atoms with Crippen LogP contribution in [0.4, 0.5) is 5.13 Å². The molecule has 20 heavy (non-hydrogen) atoms. The Morgan fingerprint density at radius 3 is 2.95 bits per heavy atom. The van der Waals surface area contributed by atoms with Crippen molar-refractivity contribution in [3.63, 3.8) is 0 Å². The Kier molecular flexibility index (Phi) is 3.25. The molecule has 3 rings (SSSR count). The fourth-order valence-corrected chi connectivity index (χ4v) is 2.46. The highest BCUT2D eigenvalue weighted by Crippen LogP contribution is 2.29. The summed E-state index contributed by atoms with van der Waals surface area (Å²) in [4.78, 5) is 20.2. The van der Waals surface area contributed by atoms with E-state index in [2.05, 4.69) is 15.3 Å². The van der Waals surface area contributed by atoms with Gasteiger partial charge in [-0.25, -0.2) is 4.98 Å². The highest BCUT2D eigenvalue weighted by Gasteiger charge is 2.16. The largest absolute Gasteiger partial charge is 0.506 e. The number of anilines is 1. The van der Waals surface area contributed by atoms with E-state index in [4.69, 9.17) is 11.6 Å². The van der Waals surface area contributed by atoms with Crippen LogP contribution in [0.25, 0.3) is 10.9 Å². The van der Waals surface area contributed by atoms with Crippen LogP contribution in [0.2, 0.25) is 5.02 Å². The minimum Gasteiger partial charge on any atom is -0.506 e. The van der Waals surface area contributed by atoms with E-state index in [9.17, 15) is 9.90 Å². The molecule has 1 aromatic carbocycles. The van der Waals surface area contributed by atoms with Crippen LogP contribution in [-0.4, -0.2) is 21.0 Å². The van der Waals surface area contributed by atoms with Gasteiger partial charge in [-0.1, -0.05) is 11.6 Å². The van der Waals surface area contributed by atoms with Crippen LogP contribution >= 0.6 is 22.9 Å². The highest BCUT2D eigenvalue weighted by molar-refractivity contribution is 7.13. The number of fused-ring (bicyclic) bond motifs is 1. The van der Waals surface area contributed by atoms with Crippen molar-refractivity contribution >= 4 is 44.9 Å². The number of benzene rings is 1. The quantitative estimate of drug-likeness (QED) is 0.761. The molecule has 0 fully saturated rings. The summed E-state index contributed by atoms with van der Waals surface area (Å²) in [5, 5.41) is 16.0. The van der Waals surface area contributed by atoms with Gasteiger partial charge in [-0.15, -0.1) is 11.3 Å². The van der Waals surface area contributed by atoms with E-state index < -0.39 is 5.91 Å². The van der Waals surface area contributed by atoms with E-state index >= 15 is 0 Å². The second kappa shape index (κ2) is 5.07. The number of carbonyl (C=O) groups excluding carboxylic acids is 1. The predicted octanol–water partition coefficient (Wildman–Crippen LogP) is 3.30. The maximum Gasteiger partial charge on any atom is 0.262 e. The normalized spacial score (nSPS) is 10.7. The first-order valence-corrected chi connectivity index (χ1v) is 6.89. The van der Waals surface area contributed by atoms with Gasteiger partial charge in [0.05, 0.1) is 5.52 Å². The lowest BCUT2D eigenvalue weighted by molar-refractivity contribution is 0.102. The molecule has 0 saturated carbocycles. The van der Waals surface area contributed by atoms with Gasteiger partial charge >= 0.3 is 0 Å². The lowest BCUT2D eigenvalue weighted by atomic mass is 10.1. The SMILES string of the molecule is O=C(Nc1nccs1)c1cnc2cc(Cl)ccc2c1O. The van der Waals surface area contributed by atoms with Crippen molar-refractivity contribution in [3.8, 4) is 5.75 Å². The maximum atomic E-state index is 12.1. The number of amides is 1. The molecule has 2 N–H and O–H groups in total. The fraction of sp³-hybridized carbons (Fsp3) is 0. The van der Waals surface area contributed by atoms with Crippen LogP contribution in [0, 0.1) is 0 Å². The Bertz CT molecular complexity index is 790. The van der Waals surface area contributed by atoms with Gasteiger partial charge in [0.2, 0.25) is 0 Å². The Morgan fingerprint density at radius 1 is 1.35 bits per heavy atom. The molecule has 0 aliphatic carbocycles. The molecule has 7 heteroatoms. The molecule has 0 spiro atoms. The summed E-state index contributed by atoms with van der Waals surface area (Å²) in [5.74, 6) is -0.581. The van der Waals surface area contributed by atoms with E-state index in [-0.39, 0.29) is 11.3 Å². The molecule has 0 atom stereocenters. The lowest BCUT2D eigenvalue weighted by Crippen LogP contribution is -2.12. The van der Waals surface area contributed by atoms with Crippen molar-refractivity contribution in [3.05, 3.63) is 46.6 Å². The van der Waals surface area contributed by atoms with E-state index in [0.717, 1.165) is 0 Å². The van der Waals surface area contributed by atoms with Crippen LogP contribution in [0.15, 0.2) is 36.0 Å². The van der Waals surface area contributed by atoms with E-state index in [1.54, 1.807) is 29.8 Å². The average Bonchev–Trinajstić information content (AvgIpc) is 2.91. The molecule has 0 unspecified atom stereocenters. The highest BCUT2D eigenvalue weighted by atomic mass is 35.5. The maximum absolute atomic E-state index is 12.1. The minimum atomic E-state index is -0.457. The van der Waals surface area contributed by atoms with Crippen molar-refractivity contribution in [2.75, 3.05) is 5.32 Å². The number of hydrogen-bond acceptors (Lipinski definition) is 5. The van der Waals surface area contributed by atoms with Crippen molar-refractivity contribution in [1.29, 1.82) is 0 Å². The predicted molar refractivity (Wildman–Crippen MR) is 78.5 cm³/mol. The summed E-state index contributed by atoms with van der Waals surface area (Å²) in [6.07, 6.45) is 2.90. The number of rotatable bonds is 2. The zero-order valence-electron chi connectivity index (χ0n) is 10.0. The van der Waals surface area contributed by atoms with Crippen LogP contribution in [0.5, 0.6) is 5.75 Å². The van der Waals surface area contributed by atoms with Gasteiger partial charge < -0.3 is 5.11 Å². The zero-order valence-corrected chi connectivity index (χ0v) is 11.6. The third-order valence-electron chi connectivity index (χ3n) is 2.70. The standard InChI is InChI=1S/C13H8ClN3O2S/c14-7-1-2-8-10(5-7)16-6-9(11(8)18)12(19)17-13-15-3-4-20-13/h1-6H,(H,16,18)(H,15,17,19). The van der Waals surface area contributed by atoms with Crippen LogP contribution in [0.1, 0.15) is 10.4 Å². The Hall–Kier alpha value is -2.18. The van der Waals surface area contributed by atoms with E-state index in [1.807, 2.05) is 0 Å². The molecule has 100 valence electrons. The smallest absolute Gasteiger partial charge is 0.262 e. The number of thiazole rings is 1. The molecule has 5 nitrogen and oxygen atoms in total. The van der Waals surface area contributed by atoms with E-state index in [0.29, 0.717) is 21.1 Å². The second-order valence-electron chi connectivity index (χ2n) is 3.97. The van der Waals surface area contributed by atoms with E-state index in [1.165, 1.54) is 17.5 Å². The van der Waals surface area contributed by atoms with Gasteiger partial charge in [0.1, 0.15) is 11.3 Å². The number of nitrogens with zero attached hydrogens (tertiary/aromatic N) is 2. The molecule has 2 aromatic heterocycles. The summed E-state index contributed by atoms with van der Waals surface area (Å²) in [7, 11) is 0. The number of hydrogen-bond donors (Lipinski definition) is 2. The number of aromatic nitrogens is 2. The summed E-state index contributed by atoms with van der Waals surface area (Å²) >= 11 is 7.16. The van der Waals surface area contributed by atoms with Gasteiger partial charge in [-0.3, -0.25) is 15.1 Å². The number of aromatic hydroxyl groups is 1. The van der Waals surface area contributed by atoms with Crippen molar-refractivity contribution in [1.82, 2.24) is 9.97 Å². The number of pyridine rings is 1. The molecular weight excluding hydrogens is 298 g/mol. The summed E-state index contributed by atoms with van der Waals surface area (Å²) in [5.41, 5.74) is 0.621. The number of carbonyl (C=O) groups is 1. The van der Waals surface area contributed by atoms with Gasteiger partial charge in [-0.2, -0.15) is 0 Å². The molecule has 1 amide bonds. The summed E-state index contributed by atoms with van der Waals surface area (Å²) in [6.45, 7) is 0. The van der Waals surface area contributed by atoms with Crippen LogP contribution in [0.3, 0.4) is 0 Å². The Morgan fingerprint density at radius 2 is 2.20 bits per heavy atom. The van der Waals surface area contributed by atoms with Crippen molar-refractivity contribution in [2.24, 2.45) is 0 Å². The molecule has 0 radical (unpaired) electrons. The van der Waals surface area contributed by atoms with Crippen molar-refractivity contribution in [2.45, 2.75) is 0 Å². The molecule has 0 aliphatic rings. The molecular formula is C13H8ClN3O2S. The van der Waals surface area contributed by atoms with Crippen LogP contribution < -0.4 is 5.32 Å². The van der Waals surface area contributed by atoms with Gasteiger partial charge in [0, 0.05) is 28.2 Å². The Labute approximate surface area is 122 Å². The summed E-state index contributed by atoms with van der Waals surface area (Å²) < 4.78 is 0. The topological polar surface area (TPSA) is 75.1 Å². The monoisotopic (exact) mass is 305 g/mol. The number of halogens is 1. The first kappa shape index (κ1) is 12.8. The fourth-order valence-electron chi connectivity index (χ4n) is 1.77. The summed E-state index contributed by atoms with van der Waals surface area (Å²) in [6, 6.07) is 4.88. The van der Waals surface area contributed by atoms with Gasteiger partial charge in [0.15, 0.2) is 5.13 Å². The first-order valence-electron chi connectivity index (χ1n) is 5.63. The van der Waals surface area contributed by atoms with Crippen LogP contribution in [-0.2, 0) is 0 Å². The third-order valence-corrected chi connectivity index (χ3v) is 3.62. The molecule has 0 bridgehead atoms. The number of nitrogens with one attached hydrogen (secondary N) is 1. The third kappa shape index (κ3) is 2.31. The molecule has 0 aliphatic heterocycles. The molecule has 0 saturated heterocycles. The second-order valence-corrected chi connectivity index (χ2v) is 5.30. The average molecular weight is 306 g/mol.